The van der Waals surface area contributed by atoms with Crippen LogP contribution < -0.4 is 10.6 Å². The van der Waals surface area contributed by atoms with Gasteiger partial charge in [0.05, 0.1) is 12.6 Å². The Hall–Kier alpha value is -3.97. The maximum absolute atomic E-state index is 13.4. The zero-order valence-corrected chi connectivity index (χ0v) is 20.0. The Morgan fingerprint density at radius 2 is 1.33 bits per heavy atom. The Kier molecular flexibility index (Phi) is 8.83. The van der Waals surface area contributed by atoms with Crippen molar-refractivity contribution >= 4 is 17.8 Å². The summed E-state index contributed by atoms with van der Waals surface area (Å²) in [4.78, 5) is 38.8. The van der Waals surface area contributed by atoms with Crippen LogP contribution in [0.2, 0.25) is 0 Å². The molecule has 0 aliphatic carbocycles. The van der Waals surface area contributed by atoms with Gasteiger partial charge in [0.25, 0.3) is 0 Å². The summed E-state index contributed by atoms with van der Waals surface area (Å²) in [6.45, 7) is 0.456. The molecule has 3 atom stereocenters. The first-order valence-electron chi connectivity index (χ1n) is 12.1. The quantitative estimate of drug-likeness (QED) is 0.381. The smallest absolute Gasteiger partial charge is 0.408 e. The van der Waals surface area contributed by atoms with Crippen LogP contribution in [0.4, 0.5) is 4.79 Å². The zero-order chi connectivity index (χ0) is 25.2. The Bertz CT molecular complexity index is 1130. The van der Waals surface area contributed by atoms with E-state index >= 15 is 0 Å². The van der Waals surface area contributed by atoms with Gasteiger partial charge in [-0.15, -0.1) is 0 Å². The van der Waals surface area contributed by atoms with Gasteiger partial charge in [0, 0.05) is 6.42 Å². The normalized spacial score (nSPS) is 15.8. The van der Waals surface area contributed by atoms with Gasteiger partial charge >= 0.3 is 6.09 Å². The van der Waals surface area contributed by atoms with Gasteiger partial charge in [-0.25, -0.2) is 4.79 Å². The van der Waals surface area contributed by atoms with E-state index in [-0.39, 0.29) is 18.8 Å². The lowest BCUT2D eigenvalue weighted by atomic mass is 9.99. The van der Waals surface area contributed by atoms with Crippen molar-refractivity contribution in [2.75, 3.05) is 6.61 Å². The van der Waals surface area contributed by atoms with E-state index in [9.17, 15) is 14.4 Å². The molecule has 1 aliphatic heterocycles. The third kappa shape index (κ3) is 7.78. The number of amides is 2. The van der Waals surface area contributed by atoms with Crippen LogP contribution >= 0.6 is 0 Å². The minimum Gasteiger partial charge on any atom is -0.445 e. The molecule has 1 heterocycles. The largest absolute Gasteiger partial charge is 0.445 e. The number of epoxide rings is 1. The number of Topliss-reactive ketones (excluding diaryl/α,β-unsaturated/α-hetero) is 1. The SMILES string of the molecule is O=C(NC(Cc1ccccc1)C(=O)NC(CCc1ccccc1)C(=O)C1CO1)OCc1ccccc1. The summed E-state index contributed by atoms with van der Waals surface area (Å²) < 4.78 is 10.5. The van der Waals surface area contributed by atoms with Gasteiger partial charge in [-0.2, -0.15) is 0 Å². The molecule has 3 aromatic rings. The number of ether oxygens (including phenoxy) is 2. The number of ketones is 1. The minimum absolute atomic E-state index is 0.0869. The fourth-order valence-corrected chi connectivity index (χ4v) is 3.92. The average Bonchev–Trinajstić information content (AvgIpc) is 3.76. The Morgan fingerprint density at radius 1 is 0.778 bits per heavy atom. The number of aryl methyl sites for hydroxylation is 1. The number of nitrogens with one attached hydrogen (secondary N) is 2. The third-order valence-corrected chi connectivity index (χ3v) is 5.98. The molecule has 7 heteroatoms. The van der Waals surface area contributed by atoms with Crippen molar-refractivity contribution in [3.63, 3.8) is 0 Å². The molecular weight excluding hydrogens is 456 g/mol. The second kappa shape index (κ2) is 12.7. The maximum Gasteiger partial charge on any atom is 0.408 e. The van der Waals surface area contributed by atoms with E-state index in [0.717, 1.165) is 16.7 Å². The topological polar surface area (TPSA) is 97.0 Å². The zero-order valence-electron chi connectivity index (χ0n) is 20.0. The molecule has 0 spiro atoms. The van der Waals surface area contributed by atoms with Gasteiger partial charge in [-0.05, 0) is 29.5 Å². The van der Waals surface area contributed by atoms with Crippen molar-refractivity contribution in [3.05, 3.63) is 108 Å². The van der Waals surface area contributed by atoms with Crippen LogP contribution in [0.25, 0.3) is 0 Å². The van der Waals surface area contributed by atoms with Crippen molar-refractivity contribution < 1.29 is 23.9 Å². The summed E-state index contributed by atoms with van der Waals surface area (Å²) in [5.74, 6) is -0.591. The Balaban J connectivity index is 1.42. The number of carbonyl (C=O) groups excluding carboxylic acids is 3. The highest BCUT2D eigenvalue weighted by Gasteiger charge is 2.37. The lowest BCUT2D eigenvalue weighted by Crippen LogP contribution is -2.53. The van der Waals surface area contributed by atoms with Gasteiger partial charge in [0.15, 0.2) is 5.78 Å². The van der Waals surface area contributed by atoms with Crippen LogP contribution in [0.1, 0.15) is 23.1 Å². The van der Waals surface area contributed by atoms with Crippen LogP contribution in [0, 0.1) is 0 Å². The number of hydrogen-bond acceptors (Lipinski definition) is 5. The molecule has 186 valence electrons. The second-order valence-corrected chi connectivity index (χ2v) is 8.76. The molecule has 0 aromatic heterocycles. The molecule has 2 N–H and O–H groups in total. The second-order valence-electron chi connectivity index (χ2n) is 8.76. The van der Waals surface area contributed by atoms with E-state index < -0.39 is 30.2 Å². The maximum atomic E-state index is 13.4. The minimum atomic E-state index is -0.914. The van der Waals surface area contributed by atoms with Crippen LogP contribution in [0.15, 0.2) is 91.0 Å². The molecule has 1 fully saturated rings. The van der Waals surface area contributed by atoms with Crippen LogP contribution in [0.3, 0.4) is 0 Å². The molecule has 2 amide bonds. The van der Waals surface area contributed by atoms with Crippen LogP contribution in [-0.4, -0.2) is 42.6 Å². The number of alkyl carbamates (subject to hydrolysis) is 1. The summed E-state index contributed by atoms with van der Waals surface area (Å²) in [7, 11) is 0. The molecule has 0 radical (unpaired) electrons. The molecule has 1 saturated heterocycles. The first kappa shape index (κ1) is 25.1. The summed E-state index contributed by atoms with van der Waals surface area (Å²) in [6.07, 6.45) is 0.132. The molecule has 36 heavy (non-hydrogen) atoms. The van der Waals surface area contributed by atoms with E-state index in [2.05, 4.69) is 10.6 Å². The lowest BCUT2D eigenvalue weighted by Gasteiger charge is -2.23. The molecule has 3 unspecified atom stereocenters. The fraction of sp³-hybridized carbons (Fsp3) is 0.276. The van der Waals surface area contributed by atoms with Crippen LogP contribution in [0.5, 0.6) is 0 Å². The molecule has 4 rings (SSSR count). The van der Waals surface area contributed by atoms with Crippen molar-refractivity contribution in [1.29, 1.82) is 0 Å². The molecule has 7 nitrogen and oxygen atoms in total. The van der Waals surface area contributed by atoms with Crippen molar-refractivity contribution in [3.8, 4) is 0 Å². The van der Waals surface area contributed by atoms with Crippen molar-refractivity contribution in [1.82, 2.24) is 10.6 Å². The van der Waals surface area contributed by atoms with E-state index in [1.165, 1.54) is 0 Å². The highest BCUT2D eigenvalue weighted by molar-refractivity contribution is 5.95. The average molecular weight is 487 g/mol. The summed E-state index contributed by atoms with van der Waals surface area (Å²) in [5.41, 5.74) is 2.79. The van der Waals surface area contributed by atoms with Gasteiger partial charge in [-0.1, -0.05) is 91.0 Å². The monoisotopic (exact) mass is 486 g/mol. The van der Waals surface area contributed by atoms with Gasteiger partial charge < -0.3 is 20.1 Å². The van der Waals surface area contributed by atoms with E-state index in [1.54, 1.807) is 0 Å². The van der Waals surface area contributed by atoms with Gasteiger partial charge in [-0.3, -0.25) is 9.59 Å². The highest BCUT2D eigenvalue weighted by atomic mass is 16.6. The number of carbonyl (C=O) groups is 3. The predicted molar refractivity (Wildman–Crippen MR) is 135 cm³/mol. The first-order valence-corrected chi connectivity index (χ1v) is 12.1. The van der Waals surface area contributed by atoms with E-state index in [1.807, 2.05) is 91.0 Å². The lowest BCUT2D eigenvalue weighted by molar-refractivity contribution is -0.129. The summed E-state index contributed by atoms with van der Waals surface area (Å²) in [5, 5.41) is 5.55. The third-order valence-electron chi connectivity index (χ3n) is 5.98. The summed E-state index contributed by atoms with van der Waals surface area (Å²) >= 11 is 0. The van der Waals surface area contributed by atoms with Gasteiger partial charge in [0.1, 0.15) is 18.8 Å². The Labute approximate surface area is 210 Å². The Morgan fingerprint density at radius 3 is 1.92 bits per heavy atom. The highest BCUT2D eigenvalue weighted by Crippen LogP contribution is 2.16. The standard InChI is InChI=1S/C29H30N2O5/c32-27(26-20-35-26)24(17-16-21-10-4-1-5-11-21)30-28(33)25(18-22-12-6-2-7-13-22)31-29(34)36-19-23-14-8-3-9-15-23/h1-15,24-26H,16-20H2,(H,30,33)(H,31,34). The molecule has 0 bridgehead atoms. The molecule has 0 saturated carbocycles. The molecule has 1 aliphatic rings. The molecular formula is C29H30N2O5. The van der Waals surface area contributed by atoms with Crippen LogP contribution in [-0.2, 0) is 38.5 Å². The van der Waals surface area contributed by atoms with Crippen molar-refractivity contribution in [2.24, 2.45) is 0 Å². The number of benzene rings is 3. The number of hydrogen-bond donors (Lipinski definition) is 2. The number of rotatable bonds is 12. The van der Waals surface area contributed by atoms with Crippen molar-refractivity contribution in [2.45, 2.75) is 44.1 Å². The first-order chi connectivity index (χ1) is 17.6. The fourth-order valence-electron chi connectivity index (χ4n) is 3.92. The van der Waals surface area contributed by atoms with Gasteiger partial charge in [0.2, 0.25) is 5.91 Å². The van der Waals surface area contributed by atoms with E-state index in [0.29, 0.717) is 19.4 Å². The molecule has 3 aromatic carbocycles. The summed E-state index contributed by atoms with van der Waals surface area (Å²) in [6, 6.07) is 26.8. The predicted octanol–water partition coefficient (Wildman–Crippen LogP) is 3.61. The van der Waals surface area contributed by atoms with E-state index in [4.69, 9.17) is 9.47 Å².